The molecule has 21 heavy (non-hydrogen) atoms. The van der Waals surface area contributed by atoms with E-state index >= 15 is 0 Å². The fourth-order valence-electron chi connectivity index (χ4n) is 2.42. The molecule has 0 amide bonds. The number of aliphatic hydroxyl groups excluding tert-OH is 1. The van der Waals surface area contributed by atoms with Gasteiger partial charge in [-0.1, -0.05) is 12.2 Å². The second-order valence-corrected chi connectivity index (χ2v) is 6.15. The summed E-state index contributed by atoms with van der Waals surface area (Å²) in [6.07, 6.45) is 5.83. The molecular formula is C11H13N5O4S. The number of aromatic nitrogens is 4. The van der Waals surface area contributed by atoms with Crippen LogP contribution in [0.5, 0.6) is 0 Å². The lowest BCUT2D eigenvalue weighted by molar-refractivity contribution is 0.244. The Morgan fingerprint density at radius 3 is 2.76 bits per heavy atom. The molecular weight excluding hydrogens is 298 g/mol. The summed E-state index contributed by atoms with van der Waals surface area (Å²) in [7, 11) is -4.54. The molecule has 0 aromatic carbocycles. The summed E-state index contributed by atoms with van der Waals surface area (Å²) >= 11 is 0. The van der Waals surface area contributed by atoms with Gasteiger partial charge in [0.2, 0.25) is 11.0 Å². The first-order chi connectivity index (χ1) is 9.90. The van der Waals surface area contributed by atoms with E-state index in [0.717, 1.165) is 0 Å². The second-order valence-electron chi connectivity index (χ2n) is 4.82. The minimum absolute atomic E-state index is 0.0347. The molecule has 2 heterocycles. The Bertz CT molecular complexity index is 828. The van der Waals surface area contributed by atoms with E-state index in [1.807, 2.05) is 12.2 Å². The third-order valence-electron chi connectivity index (χ3n) is 3.39. The van der Waals surface area contributed by atoms with Crippen molar-refractivity contribution < 1.29 is 18.1 Å². The lowest BCUT2D eigenvalue weighted by Gasteiger charge is -2.12. The van der Waals surface area contributed by atoms with Gasteiger partial charge in [0.15, 0.2) is 5.65 Å². The van der Waals surface area contributed by atoms with Crippen LogP contribution in [0.25, 0.3) is 11.2 Å². The Morgan fingerprint density at radius 2 is 2.14 bits per heavy atom. The molecule has 0 bridgehead atoms. The number of nitrogens with zero attached hydrogens (tertiary/aromatic N) is 4. The molecule has 10 heteroatoms. The van der Waals surface area contributed by atoms with Crippen LogP contribution in [0.15, 0.2) is 23.5 Å². The van der Waals surface area contributed by atoms with Gasteiger partial charge in [-0.2, -0.15) is 18.4 Å². The van der Waals surface area contributed by atoms with E-state index in [1.54, 1.807) is 4.57 Å². The Balaban J connectivity index is 2.15. The largest absolute Gasteiger partial charge is 0.396 e. The van der Waals surface area contributed by atoms with Gasteiger partial charge in [-0.3, -0.25) is 4.55 Å². The number of hydrogen-bond donors (Lipinski definition) is 3. The number of fused-ring (bicyclic) bond motifs is 1. The molecule has 1 aliphatic carbocycles. The van der Waals surface area contributed by atoms with Gasteiger partial charge in [0, 0.05) is 12.5 Å². The summed E-state index contributed by atoms with van der Waals surface area (Å²) in [6, 6.07) is -0.115. The van der Waals surface area contributed by atoms with E-state index in [2.05, 4.69) is 15.0 Å². The van der Waals surface area contributed by atoms with Crippen LogP contribution in [0.1, 0.15) is 12.5 Å². The maximum absolute atomic E-state index is 11.3. The van der Waals surface area contributed by atoms with Crippen LogP contribution in [0.2, 0.25) is 0 Å². The fourth-order valence-corrected chi connectivity index (χ4v) is 3.02. The number of anilines is 1. The van der Waals surface area contributed by atoms with Crippen molar-refractivity contribution in [2.45, 2.75) is 17.5 Å². The third-order valence-corrected chi connectivity index (χ3v) is 4.17. The lowest BCUT2D eigenvalue weighted by Crippen LogP contribution is -2.10. The highest BCUT2D eigenvalue weighted by atomic mass is 32.2. The summed E-state index contributed by atoms with van der Waals surface area (Å²) in [4.78, 5) is 11.5. The predicted octanol–water partition coefficient (Wildman–Crippen LogP) is -0.235. The summed E-state index contributed by atoms with van der Waals surface area (Å²) in [5.74, 6) is -0.231. The molecule has 2 atom stereocenters. The van der Waals surface area contributed by atoms with E-state index in [9.17, 15) is 13.0 Å². The molecule has 0 fully saturated rings. The van der Waals surface area contributed by atoms with Gasteiger partial charge < -0.3 is 15.4 Å². The summed E-state index contributed by atoms with van der Waals surface area (Å²) < 4.78 is 33.5. The fraction of sp³-hybridized carbons (Fsp3) is 0.364. The van der Waals surface area contributed by atoms with Crippen molar-refractivity contribution in [3.05, 3.63) is 18.5 Å². The van der Waals surface area contributed by atoms with E-state index in [-0.39, 0.29) is 35.7 Å². The van der Waals surface area contributed by atoms with Gasteiger partial charge in [0.05, 0.1) is 12.4 Å². The zero-order valence-electron chi connectivity index (χ0n) is 10.8. The molecule has 3 rings (SSSR count). The highest BCUT2D eigenvalue weighted by molar-refractivity contribution is 7.86. The van der Waals surface area contributed by atoms with Crippen molar-refractivity contribution in [1.29, 1.82) is 0 Å². The van der Waals surface area contributed by atoms with Gasteiger partial charge in [-0.15, -0.1) is 0 Å². The van der Waals surface area contributed by atoms with Crippen molar-refractivity contribution in [2.75, 3.05) is 12.3 Å². The van der Waals surface area contributed by atoms with Crippen molar-refractivity contribution in [3.8, 4) is 0 Å². The number of rotatable bonds is 3. The first-order valence-electron chi connectivity index (χ1n) is 6.17. The molecule has 0 spiro atoms. The van der Waals surface area contributed by atoms with Gasteiger partial charge in [0.25, 0.3) is 0 Å². The van der Waals surface area contributed by atoms with Crippen LogP contribution in [-0.4, -0.2) is 44.2 Å². The molecule has 0 unspecified atom stereocenters. The normalized spacial score (nSPS) is 22.2. The van der Waals surface area contributed by atoms with Gasteiger partial charge in [-0.25, -0.2) is 4.98 Å². The first-order valence-corrected chi connectivity index (χ1v) is 7.61. The van der Waals surface area contributed by atoms with E-state index < -0.39 is 15.1 Å². The molecule has 0 saturated heterocycles. The monoisotopic (exact) mass is 311 g/mol. The Hall–Kier alpha value is -2.04. The molecule has 2 aromatic rings. The maximum atomic E-state index is 11.3. The molecule has 1 aliphatic rings. The molecule has 2 aromatic heterocycles. The quantitative estimate of drug-likeness (QED) is 0.400. The highest BCUT2D eigenvalue weighted by Gasteiger charge is 2.26. The third kappa shape index (κ3) is 2.37. The van der Waals surface area contributed by atoms with Crippen molar-refractivity contribution >= 4 is 27.2 Å². The van der Waals surface area contributed by atoms with Gasteiger partial charge >= 0.3 is 10.1 Å². The summed E-state index contributed by atoms with van der Waals surface area (Å²) in [5.41, 5.74) is 5.70. The SMILES string of the molecule is Nc1nc(S(=O)(=O)O)c2ncn([C@H]3C=C[C@@H](CO)C3)c2n1. The summed E-state index contributed by atoms with van der Waals surface area (Å²) in [5, 5.41) is 8.55. The standard InChI is InChI=1S/C11H13N5O4S/c12-11-14-9-8(10(15-11)21(18,19)20)13-5-16(9)7-2-1-6(3-7)4-17/h1-2,5-7,17H,3-4H2,(H2,12,14,15)(H,18,19,20)/t6-,7+/m1/s1. The zero-order valence-corrected chi connectivity index (χ0v) is 11.6. The molecule has 0 saturated carbocycles. The maximum Gasteiger partial charge on any atom is 0.314 e. The molecule has 0 radical (unpaired) electrons. The van der Waals surface area contributed by atoms with Crippen LogP contribution < -0.4 is 5.73 Å². The van der Waals surface area contributed by atoms with Crippen LogP contribution >= 0.6 is 0 Å². The van der Waals surface area contributed by atoms with E-state index in [1.165, 1.54) is 6.33 Å². The topological polar surface area (TPSA) is 144 Å². The van der Waals surface area contributed by atoms with E-state index in [4.69, 9.17) is 10.8 Å². The van der Waals surface area contributed by atoms with E-state index in [0.29, 0.717) is 6.42 Å². The average Bonchev–Trinajstić information content (AvgIpc) is 3.01. The van der Waals surface area contributed by atoms with Gasteiger partial charge in [0.1, 0.15) is 5.52 Å². The lowest BCUT2D eigenvalue weighted by atomic mass is 10.1. The number of imidazole rings is 1. The van der Waals surface area contributed by atoms with Crippen molar-refractivity contribution in [1.82, 2.24) is 19.5 Å². The predicted molar refractivity (Wildman–Crippen MR) is 72.9 cm³/mol. The molecule has 9 nitrogen and oxygen atoms in total. The minimum atomic E-state index is -4.54. The Kier molecular flexibility index (Phi) is 3.15. The first kappa shape index (κ1) is 13.9. The van der Waals surface area contributed by atoms with Crippen molar-refractivity contribution in [2.24, 2.45) is 5.92 Å². The number of allylic oxidation sites excluding steroid dienone is 1. The second kappa shape index (κ2) is 4.76. The number of nitrogens with two attached hydrogens (primary N) is 1. The minimum Gasteiger partial charge on any atom is -0.396 e. The Morgan fingerprint density at radius 1 is 1.38 bits per heavy atom. The molecule has 112 valence electrons. The smallest absolute Gasteiger partial charge is 0.314 e. The summed E-state index contributed by atoms with van der Waals surface area (Å²) in [6.45, 7) is 0.0347. The average molecular weight is 311 g/mol. The Labute approximate surface area is 119 Å². The van der Waals surface area contributed by atoms with Gasteiger partial charge in [-0.05, 0) is 6.42 Å². The van der Waals surface area contributed by atoms with Crippen LogP contribution in [0, 0.1) is 5.92 Å². The zero-order chi connectivity index (χ0) is 15.2. The highest BCUT2D eigenvalue weighted by Crippen LogP contribution is 2.30. The number of hydrogen-bond acceptors (Lipinski definition) is 7. The number of nitrogen functional groups attached to an aromatic ring is 1. The molecule has 4 N–H and O–H groups in total. The van der Waals surface area contributed by atoms with Crippen LogP contribution in [-0.2, 0) is 10.1 Å². The van der Waals surface area contributed by atoms with Crippen molar-refractivity contribution in [3.63, 3.8) is 0 Å². The van der Waals surface area contributed by atoms with Crippen LogP contribution in [0.3, 0.4) is 0 Å². The molecule has 0 aliphatic heterocycles. The van der Waals surface area contributed by atoms with Crippen LogP contribution in [0.4, 0.5) is 5.95 Å². The number of aliphatic hydroxyl groups is 1.